The molecular formula is C31H31NO4. The summed E-state index contributed by atoms with van der Waals surface area (Å²) in [5.41, 5.74) is 3.88. The number of hydrogen-bond acceptors (Lipinski definition) is 5. The molecule has 2 unspecified atom stereocenters. The van der Waals surface area contributed by atoms with Gasteiger partial charge in [-0.2, -0.15) is 0 Å². The van der Waals surface area contributed by atoms with Crippen LogP contribution in [0.5, 0.6) is 5.75 Å². The van der Waals surface area contributed by atoms with Crippen LogP contribution in [-0.4, -0.2) is 32.3 Å². The predicted octanol–water partition coefficient (Wildman–Crippen LogP) is 5.87. The molecule has 0 aromatic heterocycles. The zero-order chi connectivity index (χ0) is 24.7. The second-order valence-electron chi connectivity index (χ2n) is 9.16. The van der Waals surface area contributed by atoms with E-state index in [1.54, 1.807) is 6.07 Å². The van der Waals surface area contributed by atoms with E-state index in [4.69, 9.17) is 14.2 Å². The molecule has 1 aliphatic heterocycles. The Bertz CT molecular complexity index is 1320. The van der Waals surface area contributed by atoms with Crippen LogP contribution in [0.1, 0.15) is 39.4 Å². The molecule has 5 rings (SSSR count). The fourth-order valence-corrected chi connectivity index (χ4v) is 4.88. The molecule has 0 saturated carbocycles. The molecule has 36 heavy (non-hydrogen) atoms. The third-order valence-corrected chi connectivity index (χ3v) is 6.75. The maximum atomic E-state index is 12.0. The summed E-state index contributed by atoms with van der Waals surface area (Å²) in [6.45, 7) is 2.67. The minimum absolute atomic E-state index is 0.00759. The van der Waals surface area contributed by atoms with Crippen LogP contribution in [0.25, 0.3) is 10.8 Å². The van der Waals surface area contributed by atoms with Gasteiger partial charge in [-0.1, -0.05) is 66.7 Å². The Kier molecular flexibility index (Phi) is 7.60. The average molecular weight is 482 g/mol. The van der Waals surface area contributed by atoms with Crippen molar-refractivity contribution in [2.75, 3.05) is 20.2 Å². The van der Waals surface area contributed by atoms with Gasteiger partial charge in [0.05, 0.1) is 25.4 Å². The van der Waals surface area contributed by atoms with Crippen LogP contribution >= 0.6 is 0 Å². The molecule has 1 heterocycles. The van der Waals surface area contributed by atoms with Gasteiger partial charge < -0.3 is 19.5 Å². The van der Waals surface area contributed by atoms with Crippen molar-refractivity contribution < 1.29 is 19.0 Å². The normalized spacial score (nSPS) is 17.6. The number of carbonyl (C=O) groups is 1. The van der Waals surface area contributed by atoms with Crippen molar-refractivity contribution in [1.82, 2.24) is 5.32 Å². The highest BCUT2D eigenvalue weighted by Gasteiger charge is 2.28. The van der Waals surface area contributed by atoms with Crippen LogP contribution in [0.15, 0.2) is 91.0 Å². The summed E-state index contributed by atoms with van der Waals surface area (Å²) < 4.78 is 17.7. The SMILES string of the molecule is COC(=O)c1cccc(C2CCNCC2OCc2cc(OCc3ccccc3)c3ccccc3c2)c1. The van der Waals surface area contributed by atoms with Gasteiger partial charge in [0.1, 0.15) is 12.4 Å². The molecule has 1 N–H and O–H groups in total. The van der Waals surface area contributed by atoms with Gasteiger partial charge in [0.15, 0.2) is 0 Å². The summed E-state index contributed by atoms with van der Waals surface area (Å²) in [6.07, 6.45) is 0.935. The molecule has 0 amide bonds. The Hall–Kier alpha value is -3.67. The van der Waals surface area contributed by atoms with Crippen LogP contribution in [0.4, 0.5) is 0 Å². The predicted molar refractivity (Wildman–Crippen MR) is 141 cm³/mol. The van der Waals surface area contributed by atoms with Crippen molar-refractivity contribution in [1.29, 1.82) is 0 Å². The smallest absolute Gasteiger partial charge is 0.337 e. The first-order valence-electron chi connectivity index (χ1n) is 12.4. The first kappa shape index (κ1) is 24.0. The van der Waals surface area contributed by atoms with Gasteiger partial charge in [-0.05, 0) is 59.3 Å². The Labute approximate surface area is 212 Å². The molecule has 0 aliphatic carbocycles. The van der Waals surface area contributed by atoms with Crippen molar-refractivity contribution in [2.45, 2.75) is 31.7 Å². The highest BCUT2D eigenvalue weighted by molar-refractivity contribution is 5.90. The number of ether oxygens (including phenoxy) is 3. The van der Waals surface area contributed by atoms with E-state index >= 15 is 0 Å². The van der Waals surface area contributed by atoms with Crippen LogP contribution in [0.3, 0.4) is 0 Å². The van der Waals surface area contributed by atoms with E-state index in [-0.39, 0.29) is 18.0 Å². The van der Waals surface area contributed by atoms with Crippen molar-refractivity contribution in [3.8, 4) is 5.75 Å². The van der Waals surface area contributed by atoms with E-state index in [1.165, 1.54) is 7.11 Å². The maximum Gasteiger partial charge on any atom is 0.337 e. The molecule has 1 aliphatic rings. The number of nitrogens with one attached hydrogen (secondary N) is 1. The molecular weight excluding hydrogens is 450 g/mol. The second-order valence-corrected chi connectivity index (χ2v) is 9.16. The van der Waals surface area contributed by atoms with Crippen molar-refractivity contribution >= 4 is 16.7 Å². The Morgan fingerprint density at radius 3 is 2.58 bits per heavy atom. The molecule has 0 bridgehead atoms. The summed E-state index contributed by atoms with van der Waals surface area (Å²) in [6, 6.07) is 30.5. The van der Waals surface area contributed by atoms with E-state index in [9.17, 15) is 4.79 Å². The van der Waals surface area contributed by atoms with Crippen molar-refractivity contribution in [3.05, 3.63) is 113 Å². The van der Waals surface area contributed by atoms with Crippen LogP contribution in [-0.2, 0) is 22.7 Å². The second kappa shape index (κ2) is 11.4. The number of fused-ring (bicyclic) bond motifs is 1. The number of rotatable bonds is 8. The Morgan fingerprint density at radius 2 is 1.72 bits per heavy atom. The lowest BCUT2D eigenvalue weighted by Gasteiger charge is -2.32. The minimum atomic E-state index is -0.317. The molecule has 1 fully saturated rings. The van der Waals surface area contributed by atoms with E-state index in [0.717, 1.165) is 52.7 Å². The van der Waals surface area contributed by atoms with Gasteiger partial charge in [0.2, 0.25) is 0 Å². The van der Waals surface area contributed by atoms with Gasteiger partial charge in [-0.15, -0.1) is 0 Å². The fourth-order valence-electron chi connectivity index (χ4n) is 4.88. The number of methoxy groups -OCH3 is 1. The molecule has 184 valence electrons. The summed E-state index contributed by atoms with van der Waals surface area (Å²) >= 11 is 0. The Balaban J connectivity index is 1.34. The molecule has 4 aromatic carbocycles. The van der Waals surface area contributed by atoms with E-state index in [0.29, 0.717) is 18.8 Å². The molecule has 1 saturated heterocycles. The van der Waals surface area contributed by atoms with Gasteiger partial charge >= 0.3 is 5.97 Å². The third-order valence-electron chi connectivity index (χ3n) is 6.75. The molecule has 0 radical (unpaired) electrons. The monoisotopic (exact) mass is 481 g/mol. The number of piperidine rings is 1. The van der Waals surface area contributed by atoms with Crippen LogP contribution in [0.2, 0.25) is 0 Å². The largest absolute Gasteiger partial charge is 0.488 e. The number of benzene rings is 4. The topological polar surface area (TPSA) is 56.8 Å². The lowest BCUT2D eigenvalue weighted by molar-refractivity contribution is 0.0105. The molecule has 2 atom stereocenters. The Morgan fingerprint density at radius 1 is 0.889 bits per heavy atom. The van der Waals surface area contributed by atoms with Gasteiger partial charge in [-0.3, -0.25) is 0 Å². The zero-order valence-electron chi connectivity index (χ0n) is 20.5. The third kappa shape index (κ3) is 5.59. The number of esters is 1. The zero-order valence-corrected chi connectivity index (χ0v) is 20.5. The quantitative estimate of drug-likeness (QED) is 0.319. The molecule has 5 heteroatoms. The highest BCUT2D eigenvalue weighted by Crippen LogP contribution is 2.32. The van der Waals surface area contributed by atoms with Gasteiger partial charge in [-0.25, -0.2) is 4.79 Å². The standard InChI is InChI=1S/C31H31NO4/c1-34-31(33)26-12-7-11-25(18-26)28-14-15-32-19-30(28)36-21-23-16-24-10-5-6-13-27(24)29(17-23)35-20-22-8-3-2-4-9-22/h2-13,16-18,28,30,32H,14-15,19-21H2,1H3. The van der Waals surface area contributed by atoms with Crippen molar-refractivity contribution in [2.24, 2.45) is 0 Å². The lowest BCUT2D eigenvalue weighted by atomic mass is 9.87. The summed E-state index contributed by atoms with van der Waals surface area (Å²) in [4.78, 5) is 12.0. The van der Waals surface area contributed by atoms with E-state index < -0.39 is 0 Å². The van der Waals surface area contributed by atoms with Crippen LogP contribution < -0.4 is 10.1 Å². The van der Waals surface area contributed by atoms with Gasteiger partial charge in [0.25, 0.3) is 0 Å². The first-order valence-corrected chi connectivity index (χ1v) is 12.4. The van der Waals surface area contributed by atoms with E-state index in [1.807, 2.05) is 42.5 Å². The molecule has 5 nitrogen and oxygen atoms in total. The molecule has 0 spiro atoms. The summed E-state index contributed by atoms with van der Waals surface area (Å²) in [7, 11) is 1.41. The summed E-state index contributed by atoms with van der Waals surface area (Å²) in [5, 5.41) is 5.68. The summed E-state index contributed by atoms with van der Waals surface area (Å²) in [5.74, 6) is 0.743. The highest BCUT2D eigenvalue weighted by atomic mass is 16.5. The maximum absolute atomic E-state index is 12.0. The number of hydrogen-bond donors (Lipinski definition) is 1. The molecule has 4 aromatic rings. The van der Waals surface area contributed by atoms with E-state index in [2.05, 4.69) is 47.8 Å². The fraction of sp³-hybridized carbons (Fsp3) is 0.258. The average Bonchev–Trinajstić information content (AvgIpc) is 2.95. The number of carbonyl (C=O) groups excluding carboxylic acids is 1. The van der Waals surface area contributed by atoms with Crippen LogP contribution in [0, 0.1) is 0 Å². The first-order chi connectivity index (χ1) is 17.7. The lowest BCUT2D eigenvalue weighted by Crippen LogP contribution is -2.41. The van der Waals surface area contributed by atoms with Gasteiger partial charge in [0, 0.05) is 17.8 Å². The van der Waals surface area contributed by atoms with Crippen molar-refractivity contribution in [3.63, 3.8) is 0 Å². The minimum Gasteiger partial charge on any atom is -0.488 e.